The van der Waals surface area contributed by atoms with Crippen LogP contribution in [0, 0.1) is 0 Å². The maximum Gasteiger partial charge on any atom is 0.161 e. The lowest BCUT2D eigenvalue weighted by Crippen LogP contribution is -1.97. The minimum absolute atomic E-state index is 0.585. The Hall–Kier alpha value is -1.65. The van der Waals surface area contributed by atoms with Crippen molar-refractivity contribution in [2.24, 2.45) is 0 Å². The highest BCUT2D eigenvalue weighted by Crippen LogP contribution is 2.34. The highest BCUT2D eigenvalue weighted by molar-refractivity contribution is 7.98. The van der Waals surface area contributed by atoms with E-state index in [1.54, 1.807) is 6.20 Å². The van der Waals surface area contributed by atoms with Gasteiger partial charge in [-0.25, -0.2) is 9.97 Å². The quantitative estimate of drug-likeness (QED) is 0.634. The van der Waals surface area contributed by atoms with Crippen molar-refractivity contribution in [2.75, 3.05) is 0 Å². The van der Waals surface area contributed by atoms with E-state index in [9.17, 15) is 0 Å². The van der Waals surface area contributed by atoms with Crippen LogP contribution in [-0.2, 0) is 11.5 Å². The van der Waals surface area contributed by atoms with Gasteiger partial charge in [0.15, 0.2) is 5.82 Å². The highest BCUT2D eigenvalue weighted by Gasteiger charge is 2.19. The van der Waals surface area contributed by atoms with Crippen molar-refractivity contribution in [2.45, 2.75) is 11.5 Å². The van der Waals surface area contributed by atoms with E-state index in [0.717, 1.165) is 39.2 Å². The van der Waals surface area contributed by atoms with E-state index in [1.807, 2.05) is 36.0 Å². The molecule has 0 bridgehead atoms. The van der Waals surface area contributed by atoms with Gasteiger partial charge >= 0.3 is 0 Å². The van der Waals surface area contributed by atoms with E-state index in [1.165, 1.54) is 0 Å². The molecule has 0 saturated carbocycles. The Kier molecular flexibility index (Phi) is 2.86. The lowest BCUT2D eigenvalue weighted by molar-refractivity contribution is 1.07. The fourth-order valence-corrected chi connectivity index (χ4v) is 3.73. The predicted molar refractivity (Wildman–Crippen MR) is 82.8 cm³/mol. The summed E-state index contributed by atoms with van der Waals surface area (Å²) in [7, 11) is 0. The summed E-state index contributed by atoms with van der Waals surface area (Å²) in [4.78, 5) is 13.4. The minimum atomic E-state index is 0.585. The van der Waals surface area contributed by atoms with Gasteiger partial charge in [-0.05, 0) is 24.3 Å². The molecule has 0 amide bonds. The SMILES string of the molecule is Clc1nc(-c2ccc3ncccc3c2)nc2c1CSC2. The monoisotopic (exact) mass is 299 g/mol. The molecule has 0 fully saturated rings. The summed E-state index contributed by atoms with van der Waals surface area (Å²) in [5.74, 6) is 2.53. The molecule has 1 aliphatic heterocycles. The number of halogens is 1. The van der Waals surface area contributed by atoms with E-state index < -0.39 is 0 Å². The zero-order valence-corrected chi connectivity index (χ0v) is 12.1. The molecule has 0 unspecified atom stereocenters. The van der Waals surface area contributed by atoms with E-state index in [4.69, 9.17) is 11.6 Å². The van der Waals surface area contributed by atoms with Gasteiger partial charge in [0.1, 0.15) is 5.15 Å². The molecule has 4 rings (SSSR count). The number of hydrogen-bond donors (Lipinski definition) is 0. The van der Waals surface area contributed by atoms with E-state index >= 15 is 0 Å². The van der Waals surface area contributed by atoms with Gasteiger partial charge in [-0.3, -0.25) is 4.98 Å². The molecule has 0 aliphatic carbocycles. The van der Waals surface area contributed by atoms with Gasteiger partial charge in [-0.1, -0.05) is 17.7 Å². The Balaban J connectivity index is 1.88. The van der Waals surface area contributed by atoms with E-state index in [0.29, 0.717) is 11.0 Å². The third-order valence-corrected chi connectivity index (χ3v) is 4.67. The summed E-state index contributed by atoms with van der Waals surface area (Å²) in [5.41, 5.74) is 4.10. The molecule has 20 heavy (non-hydrogen) atoms. The number of thioether (sulfide) groups is 1. The molecule has 0 radical (unpaired) electrons. The lowest BCUT2D eigenvalue weighted by atomic mass is 10.1. The van der Waals surface area contributed by atoms with Crippen LogP contribution in [0.1, 0.15) is 11.3 Å². The van der Waals surface area contributed by atoms with Gasteiger partial charge in [0.05, 0.1) is 11.2 Å². The Morgan fingerprint density at radius 2 is 2.05 bits per heavy atom. The Morgan fingerprint density at radius 3 is 3.00 bits per heavy atom. The summed E-state index contributed by atoms with van der Waals surface area (Å²) in [5, 5.41) is 1.67. The van der Waals surface area contributed by atoms with Gasteiger partial charge in [-0.15, -0.1) is 0 Å². The van der Waals surface area contributed by atoms with Crippen LogP contribution < -0.4 is 0 Å². The molecule has 0 N–H and O–H groups in total. The topological polar surface area (TPSA) is 38.7 Å². The standard InChI is InChI=1S/C15H10ClN3S/c16-14-11-7-20-8-13(11)18-15(19-14)10-3-4-12-9(6-10)2-1-5-17-12/h1-6H,7-8H2. The van der Waals surface area contributed by atoms with Gasteiger partial charge < -0.3 is 0 Å². The van der Waals surface area contributed by atoms with Crippen LogP contribution in [0.5, 0.6) is 0 Å². The third kappa shape index (κ3) is 1.96. The lowest BCUT2D eigenvalue weighted by Gasteiger charge is -2.06. The zero-order valence-electron chi connectivity index (χ0n) is 10.5. The molecule has 0 atom stereocenters. The Morgan fingerprint density at radius 1 is 1.10 bits per heavy atom. The molecule has 0 spiro atoms. The van der Waals surface area contributed by atoms with Gasteiger partial charge in [0, 0.05) is 34.2 Å². The fourth-order valence-electron chi connectivity index (χ4n) is 2.36. The van der Waals surface area contributed by atoms with E-state index in [2.05, 4.69) is 21.0 Å². The average Bonchev–Trinajstić information content (AvgIpc) is 2.96. The minimum Gasteiger partial charge on any atom is -0.256 e. The van der Waals surface area contributed by atoms with Crippen LogP contribution in [0.25, 0.3) is 22.3 Å². The van der Waals surface area contributed by atoms with Crippen molar-refractivity contribution < 1.29 is 0 Å². The smallest absolute Gasteiger partial charge is 0.161 e. The second-order valence-corrected chi connectivity index (χ2v) is 6.01. The number of pyridine rings is 1. The number of rotatable bonds is 1. The summed E-state index contributed by atoms with van der Waals surface area (Å²) >= 11 is 8.09. The normalized spacial score (nSPS) is 13.7. The van der Waals surface area contributed by atoms with Crippen LogP contribution >= 0.6 is 23.4 Å². The van der Waals surface area contributed by atoms with Gasteiger partial charge in [0.25, 0.3) is 0 Å². The van der Waals surface area contributed by atoms with Gasteiger partial charge in [0.2, 0.25) is 0 Å². The molecular formula is C15H10ClN3S. The predicted octanol–water partition coefficient (Wildman–Crippen LogP) is 4.09. The van der Waals surface area contributed by atoms with E-state index in [-0.39, 0.29) is 0 Å². The molecule has 98 valence electrons. The molecule has 3 aromatic rings. The van der Waals surface area contributed by atoms with Crippen molar-refractivity contribution in [1.29, 1.82) is 0 Å². The van der Waals surface area contributed by atoms with Crippen LogP contribution in [0.2, 0.25) is 5.15 Å². The summed E-state index contributed by atoms with van der Waals surface area (Å²) in [6.45, 7) is 0. The number of benzene rings is 1. The van der Waals surface area contributed by atoms with Gasteiger partial charge in [-0.2, -0.15) is 11.8 Å². The molecule has 3 heterocycles. The maximum absolute atomic E-state index is 6.27. The van der Waals surface area contributed by atoms with Crippen LogP contribution in [-0.4, -0.2) is 15.0 Å². The maximum atomic E-state index is 6.27. The summed E-state index contributed by atoms with van der Waals surface area (Å²) < 4.78 is 0. The molecule has 5 heteroatoms. The first-order valence-corrected chi connectivity index (χ1v) is 7.83. The number of nitrogens with zero attached hydrogens (tertiary/aromatic N) is 3. The van der Waals surface area contributed by atoms with Crippen molar-refractivity contribution in [3.63, 3.8) is 0 Å². The summed E-state index contributed by atoms with van der Waals surface area (Å²) in [6.07, 6.45) is 1.79. The van der Waals surface area contributed by atoms with Crippen LogP contribution in [0.15, 0.2) is 36.5 Å². The average molecular weight is 300 g/mol. The number of aromatic nitrogens is 3. The third-order valence-electron chi connectivity index (χ3n) is 3.39. The highest BCUT2D eigenvalue weighted by atomic mass is 35.5. The Bertz CT molecular complexity index is 819. The van der Waals surface area contributed by atoms with Crippen molar-refractivity contribution >= 4 is 34.3 Å². The fraction of sp³-hybridized carbons (Fsp3) is 0.133. The summed E-state index contributed by atoms with van der Waals surface area (Å²) in [6, 6.07) is 10.0. The first kappa shape index (κ1) is 12.1. The number of hydrogen-bond acceptors (Lipinski definition) is 4. The molecule has 1 aromatic carbocycles. The zero-order chi connectivity index (χ0) is 13.5. The first-order chi connectivity index (χ1) is 9.81. The first-order valence-electron chi connectivity index (χ1n) is 6.29. The van der Waals surface area contributed by atoms with Crippen molar-refractivity contribution in [3.05, 3.63) is 52.9 Å². The van der Waals surface area contributed by atoms with Crippen LogP contribution in [0.3, 0.4) is 0 Å². The molecule has 2 aromatic heterocycles. The molecule has 1 aliphatic rings. The van der Waals surface area contributed by atoms with Crippen LogP contribution in [0.4, 0.5) is 0 Å². The second kappa shape index (κ2) is 4.72. The molecule has 3 nitrogen and oxygen atoms in total. The molecular weight excluding hydrogens is 290 g/mol. The Labute approximate surface area is 125 Å². The van der Waals surface area contributed by atoms with Crippen molar-refractivity contribution in [1.82, 2.24) is 15.0 Å². The largest absolute Gasteiger partial charge is 0.256 e. The second-order valence-electron chi connectivity index (χ2n) is 4.67. The molecule has 0 saturated heterocycles. The number of fused-ring (bicyclic) bond motifs is 2. The van der Waals surface area contributed by atoms with Crippen molar-refractivity contribution in [3.8, 4) is 11.4 Å².